The monoisotopic (exact) mass is 277 g/mol. The molecular formula is C12H17Cl2NO2. The lowest BCUT2D eigenvalue weighted by atomic mass is 10.2. The molecule has 0 spiro atoms. The highest BCUT2D eigenvalue weighted by atomic mass is 35.5. The van der Waals surface area contributed by atoms with Gasteiger partial charge in [-0.15, -0.1) is 0 Å². The van der Waals surface area contributed by atoms with Gasteiger partial charge in [0.05, 0.1) is 18.2 Å². The summed E-state index contributed by atoms with van der Waals surface area (Å²) in [6.45, 7) is 3.10. The van der Waals surface area contributed by atoms with Gasteiger partial charge in [-0.2, -0.15) is 0 Å². The topological polar surface area (TPSA) is 41.5 Å². The standard InChI is InChI=1S/C12H17Cl2NO2/c1-8(16)3-4-15-7-9-5-10(13)6-11(14)12(9)17-2/h5-6,8,15-16H,3-4,7H2,1-2H3. The van der Waals surface area contributed by atoms with Crippen molar-refractivity contribution in [3.63, 3.8) is 0 Å². The van der Waals surface area contributed by atoms with E-state index in [4.69, 9.17) is 33.0 Å². The molecule has 0 saturated heterocycles. The van der Waals surface area contributed by atoms with Crippen LogP contribution in [0.15, 0.2) is 12.1 Å². The van der Waals surface area contributed by atoms with E-state index in [9.17, 15) is 0 Å². The van der Waals surface area contributed by atoms with Crippen molar-refractivity contribution < 1.29 is 9.84 Å². The first-order chi connectivity index (χ1) is 8.04. The summed E-state index contributed by atoms with van der Waals surface area (Å²) in [7, 11) is 1.58. The Morgan fingerprint density at radius 3 is 2.71 bits per heavy atom. The highest BCUT2D eigenvalue weighted by Gasteiger charge is 2.09. The Morgan fingerprint density at radius 1 is 1.41 bits per heavy atom. The SMILES string of the molecule is COc1c(Cl)cc(Cl)cc1CNCCC(C)O. The van der Waals surface area contributed by atoms with Gasteiger partial charge in [-0.05, 0) is 32.0 Å². The molecule has 0 fully saturated rings. The minimum atomic E-state index is -0.299. The second-order valence-corrected chi connectivity index (χ2v) is 4.74. The summed E-state index contributed by atoms with van der Waals surface area (Å²) in [5.74, 6) is 0.639. The third-order valence-electron chi connectivity index (χ3n) is 2.34. The van der Waals surface area contributed by atoms with Crippen molar-refractivity contribution in [2.24, 2.45) is 0 Å². The number of nitrogens with one attached hydrogen (secondary N) is 1. The predicted molar refractivity (Wildman–Crippen MR) is 71.0 cm³/mol. The number of hydrogen-bond acceptors (Lipinski definition) is 3. The molecule has 0 aromatic heterocycles. The van der Waals surface area contributed by atoms with Gasteiger partial charge in [0.15, 0.2) is 0 Å². The van der Waals surface area contributed by atoms with E-state index in [0.29, 0.717) is 28.8 Å². The molecule has 0 aliphatic heterocycles. The van der Waals surface area contributed by atoms with Crippen LogP contribution in [0, 0.1) is 0 Å². The van der Waals surface area contributed by atoms with Crippen molar-refractivity contribution >= 4 is 23.2 Å². The van der Waals surface area contributed by atoms with Crippen molar-refractivity contribution in [1.82, 2.24) is 5.32 Å². The number of aliphatic hydroxyl groups excluding tert-OH is 1. The Labute approximate surface area is 112 Å². The van der Waals surface area contributed by atoms with Crippen molar-refractivity contribution in [2.75, 3.05) is 13.7 Å². The van der Waals surface area contributed by atoms with Crippen LogP contribution in [0.4, 0.5) is 0 Å². The van der Waals surface area contributed by atoms with E-state index in [0.717, 1.165) is 12.1 Å². The molecule has 0 bridgehead atoms. The number of rotatable bonds is 6. The fraction of sp³-hybridized carbons (Fsp3) is 0.500. The Kier molecular flexibility index (Phi) is 6.06. The smallest absolute Gasteiger partial charge is 0.142 e. The van der Waals surface area contributed by atoms with Crippen LogP contribution in [0.3, 0.4) is 0 Å². The van der Waals surface area contributed by atoms with Crippen LogP contribution in [-0.2, 0) is 6.54 Å². The fourth-order valence-electron chi connectivity index (χ4n) is 1.51. The molecule has 1 rings (SSSR count). The molecule has 0 aliphatic rings. The molecule has 2 N–H and O–H groups in total. The van der Waals surface area contributed by atoms with Crippen molar-refractivity contribution in [3.8, 4) is 5.75 Å². The molecule has 17 heavy (non-hydrogen) atoms. The van der Waals surface area contributed by atoms with Gasteiger partial charge in [0.25, 0.3) is 0 Å². The van der Waals surface area contributed by atoms with Gasteiger partial charge in [0, 0.05) is 17.1 Å². The Morgan fingerprint density at radius 2 is 2.12 bits per heavy atom. The number of ether oxygens (including phenoxy) is 1. The number of halogens is 2. The summed E-state index contributed by atoms with van der Waals surface area (Å²) in [5.41, 5.74) is 0.913. The molecule has 5 heteroatoms. The molecule has 0 saturated carbocycles. The minimum Gasteiger partial charge on any atom is -0.495 e. The number of aliphatic hydroxyl groups is 1. The molecule has 0 heterocycles. The molecule has 0 radical (unpaired) electrons. The Hall–Kier alpha value is -0.480. The number of methoxy groups -OCH3 is 1. The van der Waals surface area contributed by atoms with Crippen LogP contribution in [-0.4, -0.2) is 24.9 Å². The average molecular weight is 278 g/mol. The highest BCUT2D eigenvalue weighted by Crippen LogP contribution is 2.31. The largest absolute Gasteiger partial charge is 0.495 e. The van der Waals surface area contributed by atoms with E-state index in [1.807, 2.05) is 6.07 Å². The average Bonchev–Trinajstić information content (AvgIpc) is 2.23. The summed E-state index contributed by atoms with van der Waals surface area (Å²) in [6, 6.07) is 3.48. The van der Waals surface area contributed by atoms with Crippen molar-refractivity contribution in [2.45, 2.75) is 26.0 Å². The van der Waals surface area contributed by atoms with Gasteiger partial charge >= 0.3 is 0 Å². The van der Waals surface area contributed by atoms with Gasteiger partial charge in [0.1, 0.15) is 5.75 Å². The first-order valence-electron chi connectivity index (χ1n) is 5.45. The lowest BCUT2D eigenvalue weighted by Gasteiger charge is -2.12. The Bertz CT molecular complexity index is 370. The van der Waals surface area contributed by atoms with Gasteiger partial charge in [-0.3, -0.25) is 0 Å². The lowest BCUT2D eigenvalue weighted by Crippen LogP contribution is -2.19. The third-order valence-corrected chi connectivity index (χ3v) is 2.84. The third kappa shape index (κ3) is 4.72. The quantitative estimate of drug-likeness (QED) is 0.786. The molecule has 0 amide bonds. The maximum absolute atomic E-state index is 9.13. The first kappa shape index (κ1) is 14.6. The summed E-state index contributed by atoms with van der Waals surface area (Å²) >= 11 is 12.0. The zero-order valence-corrected chi connectivity index (χ0v) is 11.5. The lowest BCUT2D eigenvalue weighted by molar-refractivity contribution is 0.183. The second kappa shape index (κ2) is 7.07. The number of hydrogen-bond donors (Lipinski definition) is 2. The second-order valence-electron chi connectivity index (χ2n) is 3.89. The van der Waals surface area contributed by atoms with Crippen LogP contribution in [0.1, 0.15) is 18.9 Å². The van der Waals surface area contributed by atoms with E-state index in [2.05, 4.69) is 5.32 Å². The summed E-state index contributed by atoms with van der Waals surface area (Å²) in [4.78, 5) is 0. The predicted octanol–water partition coefficient (Wildman–Crippen LogP) is 2.86. The van der Waals surface area contributed by atoms with Crippen LogP contribution >= 0.6 is 23.2 Å². The summed E-state index contributed by atoms with van der Waals surface area (Å²) < 4.78 is 5.23. The zero-order chi connectivity index (χ0) is 12.8. The van der Waals surface area contributed by atoms with Gasteiger partial charge in [-0.25, -0.2) is 0 Å². The van der Waals surface area contributed by atoms with E-state index >= 15 is 0 Å². The molecular weight excluding hydrogens is 261 g/mol. The van der Waals surface area contributed by atoms with Crippen LogP contribution < -0.4 is 10.1 Å². The molecule has 3 nitrogen and oxygen atoms in total. The molecule has 1 unspecified atom stereocenters. The van der Waals surface area contributed by atoms with Crippen LogP contribution in [0.2, 0.25) is 10.0 Å². The molecule has 0 aliphatic carbocycles. The van der Waals surface area contributed by atoms with Crippen molar-refractivity contribution in [1.29, 1.82) is 0 Å². The van der Waals surface area contributed by atoms with Gasteiger partial charge < -0.3 is 15.2 Å². The number of benzene rings is 1. The normalized spacial score (nSPS) is 12.5. The van der Waals surface area contributed by atoms with E-state index < -0.39 is 0 Å². The van der Waals surface area contributed by atoms with E-state index in [1.54, 1.807) is 20.1 Å². The molecule has 1 aromatic carbocycles. The Balaban J connectivity index is 2.63. The molecule has 1 aromatic rings. The summed E-state index contributed by atoms with van der Waals surface area (Å²) in [6.07, 6.45) is 0.406. The fourth-order valence-corrected chi connectivity index (χ4v) is 2.12. The van der Waals surface area contributed by atoms with Gasteiger partial charge in [-0.1, -0.05) is 23.2 Å². The van der Waals surface area contributed by atoms with Crippen molar-refractivity contribution in [3.05, 3.63) is 27.7 Å². The maximum atomic E-state index is 9.13. The van der Waals surface area contributed by atoms with Gasteiger partial charge in [0.2, 0.25) is 0 Å². The van der Waals surface area contributed by atoms with E-state index in [-0.39, 0.29) is 6.10 Å². The minimum absolute atomic E-state index is 0.299. The molecule has 1 atom stereocenters. The summed E-state index contributed by atoms with van der Waals surface area (Å²) in [5, 5.41) is 13.4. The van der Waals surface area contributed by atoms with Crippen LogP contribution in [0.5, 0.6) is 5.75 Å². The molecule has 96 valence electrons. The zero-order valence-electron chi connectivity index (χ0n) is 9.96. The maximum Gasteiger partial charge on any atom is 0.142 e. The highest BCUT2D eigenvalue weighted by molar-refractivity contribution is 6.35. The first-order valence-corrected chi connectivity index (χ1v) is 6.21. The van der Waals surface area contributed by atoms with Crippen LogP contribution in [0.25, 0.3) is 0 Å². The van der Waals surface area contributed by atoms with E-state index in [1.165, 1.54) is 0 Å².